The van der Waals surface area contributed by atoms with Crippen LogP contribution in [0.25, 0.3) is 11.3 Å². The van der Waals surface area contributed by atoms with Gasteiger partial charge < -0.3 is 15.7 Å². The molecule has 116 valence electrons. The van der Waals surface area contributed by atoms with Crippen molar-refractivity contribution < 1.29 is 5.11 Å². The van der Waals surface area contributed by atoms with Crippen molar-refractivity contribution in [1.82, 2.24) is 10.2 Å². The molecule has 1 aromatic heterocycles. The Balaban J connectivity index is 1.93. The van der Waals surface area contributed by atoms with Crippen LogP contribution in [0.2, 0.25) is 0 Å². The Hall–Kier alpha value is -3.08. The first-order chi connectivity index (χ1) is 11.1. The van der Waals surface area contributed by atoms with E-state index in [0.29, 0.717) is 23.6 Å². The lowest BCUT2D eigenvalue weighted by atomic mass is 10.1. The Labute approximate surface area is 135 Å². The van der Waals surface area contributed by atoms with Crippen LogP contribution in [-0.2, 0) is 6.54 Å². The summed E-state index contributed by atoms with van der Waals surface area (Å²) in [5.41, 5.74) is 9.16. The largest absolute Gasteiger partial charge is 0.507 e. The summed E-state index contributed by atoms with van der Waals surface area (Å²) < 4.78 is 0. The maximum Gasteiger partial charge on any atom is 0.169 e. The fraction of sp³-hybridized carbons (Fsp3) is 0.111. The number of nitrogen functional groups attached to an aromatic ring is 1. The van der Waals surface area contributed by atoms with Crippen molar-refractivity contribution in [2.24, 2.45) is 0 Å². The predicted octanol–water partition coefficient (Wildman–Crippen LogP) is 3.07. The molecule has 0 saturated heterocycles. The van der Waals surface area contributed by atoms with Gasteiger partial charge in [0.15, 0.2) is 5.82 Å². The van der Waals surface area contributed by atoms with E-state index in [0.717, 1.165) is 5.69 Å². The number of hydrogen-bond acceptors (Lipinski definition) is 5. The Morgan fingerprint density at radius 1 is 1.00 bits per heavy atom. The van der Waals surface area contributed by atoms with Crippen LogP contribution in [-0.4, -0.2) is 22.4 Å². The summed E-state index contributed by atoms with van der Waals surface area (Å²) >= 11 is 0. The van der Waals surface area contributed by atoms with Crippen LogP contribution in [0.5, 0.6) is 5.75 Å². The van der Waals surface area contributed by atoms with Crippen LogP contribution < -0.4 is 10.6 Å². The molecule has 0 aliphatic heterocycles. The summed E-state index contributed by atoms with van der Waals surface area (Å²) in [6.45, 7) is 0.705. The number of phenolic OH excluding ortho intramolecular Hbond substituents is 1. The van der Waals surface area contributed by atoms with E-state index >= 15 is 0 Å². The average molecular weight is 306 g/mol. The highest BCUT2D eigenvalue weighted by Gasteiger charge is 2.12. The number of nitrogens with two attached hydrogens (primary N) is 1. The van der Waals surface area contributed by atoms with Crippen molar-refractivity contribution in [3.05, 3.63) is 66.2 Å². The number of benzene rings is 2. The minimum absolute atomic E-state index is 0.170. The van der Waals surface area contributed by atoms with Gasteiger partial charge >= 0.3 is 0 Å². The first-order valence-corrected chi connectivity index (χ1v) is 7.32. The van der Waals surface area contributed by atoms with E-state index in [1.165, 1.54) is 5.56 Å². The van der Waals surface area contributed by atoms with Gasteiger partial charge in [0.1, 0.15) is 5.75 Å². The molecule has 1 heterocycles. The van der Waals surface area contributed by atoms with Gasteiger partial charge in [-0.15, -0.1) is 10.2 Å². The van der Waals surface area contributed by atoms with Gasteiger partial charge in [-0.1, -0.05) is 42.5 Å². The SMILES string of the molecule is CN(Cc1ccccc1)c1cc(-c2ccccc2O)nnc1N. The summed E-state index contributed by atoms with van der Waals surface area (Å²) in [7, 11) is 1.95. The summed E-state index contributed by atoms with van der Waals surface area (Å²) in [5.74, 6) is 0.533. The van der Waals surface area contributed by atoms with Crippen LogP contribution in [0.15, 0.2) is 60.7 Å². The van der Waals surface area contributed by atoms with Gasteiger partial charge in [0.05, 0.1) is 11.4 Å². The lowest BCUT2D eigenvalue weighted by Crippen LogP contribution is -2.18. The number of phenols is 1. The van der Waals surface area contributed by atoms with E-state index in [4.69, 9.17) is 5.73 Å². The molecular weight excluding hydrogens is 288 g/mol. The molecule has 0 spiro atoms. The number of aromatic hydroxyl groups is 1. The van der Waals surface area contributed by atoms with Gasteiger partial charge in [-0.2, -0.15) is 0 Å². The number of aromatic nitrogens is 2. The Morgan fingerprint density at radius 2 is 1.70 bits per heavy atom. The maximum absolute atomic E-state index is 9.99. The van der Waals surface area contributed by atoms with Crippen molar-refractivity contribution in [3.63, 3.8) is 0 Å². The predicted molar refractivity (Wildman–Crippen MR) is 92.1 cm³/mol. The minimum Gasteiger partial charge on any atom is -0.507 e. The Kier molecular flexibility index (Phi) is 4.10. The zero-order chi connectivity index (χ0) is 16.2. The van der Waals surface area contributed by atoms with Gasteiger partial charge in [-0.25, -0.2) is 0 Å². The number of nitrogens with zero attached hydrogens (tertiary/aromatic N) is 3. The third kappa shape index (κ3) is 3.23. The molecule has 3 N–H and O–H groups in total. The van der Waals surface area contributed by atoms with Gasteiger partial charge in [0, 0.05) is 19.2 Å². The third-order valence-electron chi connectivity index (χ3n) is 3.66. The van der Waals surface area contributed by atoms with Crippen molar-refractivity contribution >= 4 is 11.5 Å². The van der Waals surface area contributed by atoms with Crippen molar-refractivity contribution in [2.45, 2.75) is 6.54 Å². The zero-order valence-electron chi connectivity index (χ0n) is 12.8. The van der Waals surface area contributed by atoms with Gasteiger partial charge in [0.2, 0.25) is 0 Å². The molecule has 3 rings (SSSR count). The van der Waals surface area contributed by atoms with Gasteiger partial charge in [0.25, 0.3) is 0 Å². The summed E-state index contributed by atoms with van der Waals surface area (Å²) in [5, 5.41) is 18.1. The molecule has 0 amide bonds. The first-order valence-electron chi connectivity index (χ1n) is 7.32. The molecule has 0 radical (unpaired) electrons. The van der Waals surface area contributed by atoms with Crippen LogP contribution in [0, 0.1) is 0 Å². The van der Waals surface area contributed by atoms with E-state index < -0.39 is 0 Å². The highest BCUT2D eigenvalue weighted by atomic mass is 16.3. The standard InChI is InChI=1S/C18H18N4O/c1-22(12-13-7-3-2-4-8-13)16-11-15(20-21-18(16)19)14-9-5-6-10-17(14)23/h2-11,23H,12H2,1H3,(H2,19,21). The monoisotopic (exact) mass is 306 g/mol. The number of anilines is 2. The van der Waals surface area contributed by atoms with E-state index in [1.54, 1.807) is 18.2 Å². The summed E-state index contributed by atoms with van der Waals surface area (Å²) in [4.78, 5) is 2.02. The van der Waals surface area contributed by atoms with Crippen LogP contribution in [0.3, 0.4) is 0 Å². The van der Waals surface area contributed by atoms with E-state index in [2.05, 4.69) is 22.3 Å². The normalized spacial score (nSPS) is 10.5. The maximum atomic E-state index is 9.99. The molecule has 5 nitrogen and oxygen atoms in total. The molecule has 0 atom stereocenters. The van der Waals surface area contributed by atoms with Crippen LogP contribution in [0.1, 0.15) is 5.56 Å². The van der Waals surface area contributed by atoms with Crippen molar-refractivity contribution in [3.8, 4) is 17.0 Å². The minimum atomic E-state index is 0.170. The molecule has 0 aliphatic carbocycles. The number of rotatable bonds is 4. The number of para-hydroxylation sites is 1. The van der Waals surface area contributed by atoms with E-state index in [-0.39, 0.29) is 5.75 Å². The van der Waals surface area contributed by atoms with Gasteiger partial charge in [-0.05, 0) is 23.8 Å². The molecular formula is C18H18N4O. The second-order valence-electron chi connectivity index (χ2n) is 5.36. The topological polar surface area (TPSA) is 75.3 Å². The zero-order valence-corrected chi connectivity index (χ0v) is 12.8. The highest BCUT2D eigenvalue weighted by Crippen LogP contribution is 2.31. The molecule has 3 aromatic rings. The molecule has 5 heteroatoms. The molecule has 23 heavy (non-hydrogen) atoms. The molecule has 0 aliphatic rings. The van der Waals surface area contributed by atoms with Crippen molar-refractivity contribution in [1.29, 1.82) is 0 Å². The fourth-order valence-electron chi connectivity index (χ4n) is 2.46. The lowest BCUT2D eigenvalue weighted by molar-refractivity contribution is 0.477. The molecule has 0 bridgehead atoms. The molecule has 0 saturated carbocycles. The van der Waals surface area contributed by atoms with Crippen LogP contribution >= 0.6 is 0 Å². The van der Waals surface area contributed by atoms with Gasteiger partial charge in [-0.3, -0.25) is 0 Å². The fourth-order valence-corrected chi connectivity index (χ4v) is 2.46. The Bertz CT molecular complexity index is 805. The third-order valence-corrected chi connectivity index (χ3v) is 3.66. The second-order valence-corrected chi connectivity index (χ2v) is 5.36. The smallest absolute Gasteiger partial charge is 0.169 e. The highest BCUT2D eigenvalue weighted by molar-refractivity contribution is 5.73. The molecule has 0 unspecified atom stereocenters. The van der Waals surface area contributed by atoms with Crippen molar-refractivity contribution in [2.75, 3.05) is 17.7 Å². The molecule has 2 aromatic carbocycles. The van der Waals surface area contributed by atoms with E-state index in [9.17, 15) is 5.11 Å². The second kappa shape index (κ2) is 6.36. The average Bonchev–Trinajstić information content (AvgIpc) is 2.57. The number of hydrogen-bond donors (Lipinski definition) is 2. The quantitative estimate of drug-likeness (QED) is 0.775. The van der Waals surface area contributed by atoms with E-state index in [1.807, 2.05) is 42.3 Å². The summed E-state index contributed by atoms with van der Waals surface area (Å²) in [6, 6.07) is 19.0. The first kappa shape index (κ1) is 14.8. The summed E-state index contributed by atoms with van der Waals surface area (Å²) in [6.07, 6.45) is 0. The van der Waals surface area contributed by atoms with Crippen LogP contribution in [0.4, 0.5) is 11.5 Å². The Morgan fingerprint density at radius 3 is 2.43 bits per heavy atom. The lowest BCUT2D eigenvalue weighted by Gasteiger charge is -2.21. The molecule has 0 fully saturated rings.